The highest BCUT2D eigenvalue weighted by Gasteiger charge is 2.11. The van der Waals surface area contributed by atoms with Crippen molar-refractivity contribution in [3.8, 4) is 5.75 Å². The Kier molecular flexibility index (Phi) is 7.81. The summed E-state index contributed by atoms with van der Waals surface area (Å²) < 4.78 is 28.6. The summed E-state index contributed by atoms with van der Waals surface area (Å²) in [5.41, 5.74) is 2.01. The van der Waals surface area contributed by atoms with Gasteiger partial charge in [0.15, 0.2) is 6.54 Å². The fourth-order valence-corrected chi connectivity index (χ4v) is 2.79. The first kappa shape index (κ1) is 20.1. The van der Waals surface area contributed by atoms with Gasteiger partial charge in [0.1, 0.15) is 12.3 Å². The first-order valence-corrected chi connectivity index (χ1v) is 8.66. The highest BCUT2D eigenvalue weighted by molar-refractivity contribution is 6.30. The van der Waals surface area contributed by atoms with Crippen molar-refractivity contribution in [1.82, 2.24) is 5.32 Å². The number of hydrogen-bond donors (Lipinski definition) is 2. The van der Waals surface area contributed by atoms with Gasteiger partial charge in [-0.3, -0.25) is 4.79 Å². The molecule has 2 aromatic carbocycles. The first-order chi connectivity index (χ1) is 12.4. The lowest BCUT2D eigenvalue weighted by atomic mass is 10.1. The van der Waals surface area contributed by atoms with Gasteiger partial charge in [-0.15, -0.1) is 0 Å². The van der Waals surface area contributed by atoms with Crippen LogP contribution in [0.3, 0.4) is 0 Å². The molecule has 0 aliphatic rings. The van der Waals surface area contributed by atoms with Crippen LogP contribution in [0.2, 0.25) is 5.02 Å². The summed E-state index contributed by atoms with van der Waals surface area (Å²) in [6, 6.07) is 14.0. The van der Waals surface area contributed by atoms with Gasteiger partial charge in [0.25, 0.3) is 5.91 Å². The van der Waals surface area contributed by atoms with Gasteiger partial charge >= 0.3 is 6.61 Å². The molecule has 0 aliphatic carbocycles. The van der Waals surface area contributed by atoms with Crippen LogP contribution in [-0.2, 0) is 17.8 Å². The molecule has 1 unspecified atom stereocenters. The van der Waals surface area contributed by atoms with Crippen molar-refractivity contribution in [3.05, 3.63) is 64.7 Å². The fourth-order valence-electron chi connectivity index (χ4n) is 2.58. The molecule has 4 nitrogen and oxygen atoms in total. The summed E-state index contributed by atoms with van der Waals surface area (Å²) in [6.45, 7) is -1.35. The minimum absolute atomic E-state index is 0.0396. The average molecular weight is 384 g/mol. The van der Waals surface area contributed by atoms with Crippen LogP contribution in [-0.4, -0.2) is 32.7 Å². The van der Waals surface area contributed by atoms with Gasteiger partial charge in [-0.25, -0.2) is 0 Å². The van der Waals surface area contributed by atoms with Crippen molar-refractivity contribution in [3.63, 3.8) is 0 Å². The molecule has 2 aromatic rings. The minimum Gasteiger partial charge on any atom is -0.435 e. The zero-order chi connectivity index (χ0) is 18.9. The Labute approximate surface area is 156 Å². The number of likely N-dealkylation sites (N-methyl/N-ethyl adjacent to an activating group) is 1. The second-order valence-corrected chi connectivity index (χ2v) is 6.50. The van der Waals surface area contributed by atoms with E-state index in [1.54, 1.807) is 12.1 Å². The van der Waals surface area contributed by atoms with Crippen LogP contribution in [0.5, 0.6) is 5.75 Å². The molecule has 1 amide bonds. The van der Waals surface area contributed by atoms with Crippen molar-refractivity contribution >= 4 is 17.5 Å². The van der Waals surface area contributed by atoms with Gasteiger partial charge in [0, 0.05) is 17.1 Å². The number of amides is 1. The molecule has 0 radical (unpaired) electrons. The molecular weight excluding hydrogens is 362 g/mol. The minimum atomic E-state index is -2.83. The molecule has 140 valence electrons. The number of benzene rings is 2. The lowest BCUT2D eigenvalue weighted by Crippen LogP contribution is -3.08. The molecular formula is C19H22ClF2N2O2+. The van der Waals surface area contributed by atoms with Gasteiger partial charge in [-0.2, -0.15) is 8.78 Å². The Balaban J connectivity index is 1.71. The zero-order valence-electron chi connectivity index (χ0n) is 14.5. The molecule has 26 heavy (non-hydrogen) atoms. The van der Waals surface area contributed by atoms with E-state index in [-0.39, 0.29) is 11.7 Å². The van der Waals surface area contributed by atoms with Crippen LogP contribution in [0.1, 0.15) is 11.1 Å². The number of nitrogens with one attached hydrogen (secondary N) is 2. The van der Waals surface area contributed by atoms with Crippen LogP contribution in [0, 0.1) is 0 Å². The molecule has 0 bridgehead atoms. The molecule has 0 heterocycles. The Morgan fingerprint density at radius 3 is 2.58 bits per heavy atom. The van der Waals surface area contributed by atoms with Crippen LogP contribution < -0.4 is 15.0 Å². The summed E-state index contributed by atoms with van der Waals surface area (Å²) in [5.74, 6) is 0.0855. The fraction of sp³-hybridized carbons (Fsp3) is 0.316. The topological polar surface area (TPSA) is 42.8 Å². The van der Waals surface area contributed by atoms with E-state index in [4.69, 9.17) is 11.6 Å². The van der Waals surface area contributed by atoms with E-state index in [2.05, 4.69) is 10.1 Å². The van der Waals surface area contributed by atoms with E-state index in [0.717, 1.165) is 22.4 Å². The summed E-state index contributed by atoms with van der Waals surface area (Å²) in [4.78, 5) is 13.0. The second-order valence-electron chi connectivity index (χ2n) is 6.06. The van der Waals surface area contributed by atoms with Crippen LogP contribution in [0.25, 0.3) is 0 Å². The molecule has 0 aromatic heterocycles. The Morgan fingerprint density at radius 1 is 1.19 bits per heavy atom. The van der Waals surface area contributed by atoms with E-state index < -0.39 is 6.61 Å². The maximum atomic E-state index is 12.1. The maximum Gasteiger partial charge on any atom is 0.387 e. The SMILES string of the molecule is C[NH+](CC(=O)NCCc1cccc(Cl)c1)Cc1ccc(OC(F)F)cc1. The highest BCUT2D eigenvalue weighted by Crippen LogP contribution is 2.14. The quantitative estimate of drug-likeness (QED) is 0.698. The second kappa shape index (κ2) is 10.1. The lowest BCUT2D eigenvalue weighted by Gasteiger charge is -2.14. The third kappa shape index (κ3) is 7.37. The number of alkyl halides is 2. The summed E-state index contributed by atoms with van der Waals surface area (Å²) in [5, 5.41) is 3.58. The van der Waals surface area contributed by atoms with E-state index in [1.165, 1.54) is 12.1 Å². The predicted octanol–water partition coefficient (Wildman–Crippen LogP) is 2.32. The number of quaternary nitrogens is 1. The Morgan fingerprint density at radius 2 is 1.92 bits per heavy atom. The number of hydrogen-bond acceptors (Lipinski definition) is 2. The van der Waals surface area contributed by atoms with Crippen LogP contribution in [0.4, 0.5) is 8.78 Å². The van der Waals surface area contributed by atoms with Gasteiger partial charge in [-0.1, -0.05) is 23.7 Å². The average Bonchev–Trinajstić information content (AvgIpc) is 2.56. The molecule has 0 aliphatic heterocycles. The molecule has 0 saturated carbocycles. The van der Waals surface area contributed by atoms with Gasteiger partial charge in [0.05, 0.1) is 7.05 Å². The normalized spacial score (nSPS) is 12.0. The number of ether oxygens (including phenoxy) is 1. The molecule has 0 fully saturated rings. The van der Waals surface area contributed by atoms with Crippen molar-refractivity contribution in [2.45, 2.75) is 19.6 Å². The van der Waals surface area contributed by atoms with Crippen molar-refractivity contribution < 1.29 is 23.2 Å². The first-order valence-electron chi connectivity index (χ1n) is 8.28. The Bertz CT molecular complexity index is 711. The summed E-state index contributed by atoms with van der Waals surface area (Å²) in [6.07, 6.45) is 0.719. The summed E-state index contributed by atoms with van der Waals surface area (Å²) in [7, 11) is 1.90. The Hall–Kier alpha value is -2.18. The van der Waals surface area contributed by atoms with E-state index in [0.29, 0.717) is 24.7 Å². The molecule has 2 rings (SSSR count). The maximum absolute atomic E-state index is 12.1. The van der Waals surface area contributed by atoms with Crippen molar-refractivity contribution in [2.24, 2.45) is 0 Å². The van der Waals surface area contributed by atoms with E-state index >= 15 is 0 Å². The van der Waals surface area contributed by atoms with Gasteiger partial charge in [0.2, 0.25) is 0 Å². The molecule has 0 saturated heterocycles. The standard InChI is InChI=1S/C19H21ClF2N2O2/c1-24(12-15-5-7-17(8-6-15)26-19(21)22)13-18(25)23-10-9-14-3-2-4-16(20)11-14/h2-8,11,19H,9-10,12-13H2,1H3,(H,23,25)/p+1. The number of carbonyl (C=O) groups excluding carboxylic acids is 1. The predicted molar refractivity (Wildman–Crippen MR) is 96.7 cm³/mol. The molecule has 2 N–H and O–H groups in total. The van der Waals surface area contributed by atoms with Crippen LogP contribution >= 0.6 is 11.6 Å². The number of carbonyl (C=O) groups is 1. The van der Waals surface area contributed by atoms with Gasteiger partial charge < -0.3 is 15.0 Å². The third-order valence-corrected chi connectivity index (χ3v) is 3.98. The van der Waals surface area contributed by atoms with Crippen molar-refractivity contribution in [1.29, 1.82) is 0 Å². The zero-order valence-corrected chi connectivity index (χ0v) is 15.2. The summed E-state index contributed by atoms with van der Waals surface area (Å²) >= 11 is 5.93. The molecule has 1 atom stereocenters. The van der Waals surface area contributed by atoms with Gasteiger partial charge in [-0.05, 0) is 48.4 Å². The number of rotatable bonds is 9. The monoisotopic (exact) mass is 383 g/mol. The number of halogens is 3. The lowest BCUT2D eigenvalue weighted by molar-refractivity contribution is -0.885. The van der Waals surface area contributed by atoms with E-state index in [1.807, 2.05) is 31.3 Å². The van der Waals surface area contributed by atoms with Crippen molar-refractivity contribution in [2.75, 3.05) is 20.1 Å². The smallest absolute Gasteiger partial charge is 0.387 e. The molecule has 7 heteroatoms. The third-order valence-electron chi connectivity index (χ3n) is 3.74. The van der Waals surface area contributed by atoms with E-state index in [9.17, 15) is 13.6 Å². The van der Waals surface area contributed by atoms with Crippen LogP contribution in [0.15, 0.2) is 48.5 Å². The molecule has 0 spiro atoms. The highest BCUT2D eigenvalue weighted by atomic mass is 35.5. The largest absolute Gasteiger partial charge is 0.435 e.